The Balaban J connectivity index is 1.69. The van der Waals surface area contributed by atoms with Crippen molar-refractivity contribution >= 4 is 23.5 Å². The van der Waals surface area contributed by atoms with Crippen LogP contribution in [0.2, 0.25) is 0 Å². The van der Waals surface area contributed by atoms with Crippen molar-refractivity contribution in [2.45, 2.75) is 25.7 Å². The fourth-order valence-electron chi connectivity index (χ4n) is 2.64. The van der Waals surface area contributed by atoms with Gasteiger partial charge < -0.3 is 5.32 Å². The van der Waals surface area contributed by atoms with Gasteiger partial charge in [0.2, 0.25) is 5.91 Å². The highest BCUT2D eigenvalue weighted by molar-refractivity contribution is 8.00. The van der Waals surface area contributed by atoms with Crippen LogP contribution < -0.4 is 5.32 Å². The molecule has 3 rings (SSSR count). The van der Waals surface area contributed by atoms with Gasteiger partial charge in [0.15, 0.2) is 0 Å². The zero-order valence-electron chi connectivity index (χ0n) is 14.6. The number of hydrogen-bond donors (Lipinski definition) is 1. The zero-order valence-corrected chi connectivity index (χ0v) is 15.4. The Morgan fingerprint density at radius 1 is 1.08 bits per heavy atom. The molecule has 0 saturated carbocycles. The van der Waals surface area contributed by atoms with Gasteiger partial charge in [0.1, 0.15) is 5.82 Å². The van der Waals surface area contributed by atoms with E-state index in [0.29, 0.717) is 11.6 Å². The molecule has 1 heterocycles. The summed E-state index contributed by atoms with van der Waals surface area (Å²) in [5.74, 6) is 1.01. The maximum atomic E-state index is 12.4. The highest BCUT2D eigenvalue weighted by Crippen LogP contribution is 2.24. The maximum Gasteiger partial charge on any atom is 0.235 e. The summed E-state index contributed by atoms with van der Waals surface area (Å²) in [7, 11) is 0. The number of thioether (sulfide) groups is 1. The van der Waals surface area contributed by atoms with E-state index in [0.717, 1.165) is 16.3 Å². The lowest BCUT2D eigenvalue weighted by atomic mass is 10.2. The van der Waals surface area contributed by atoms with Crippen molar-refractivity contribution in [2.75, 3.05) is 11.1 Å². The Kier molecular flexibility index (Phi) is 5.24. The van der Waals surface area contributed by atoms with Crippen molar-refractivity contribution in [1.82, 2.24) is 9.78 Å². The van der Waals surface area contributed by atoms with Gasteiger partial charge in [-0.25, -0.2) is 4.68 Å². The van der Waals surface area contributed by atoms with E-state index in [-0.39, 0.29) is 5.91 Å². The summed E-state index contributed by atoms with van der Waals surface area (Å²) in [5, 5.41) is 7.44. The number of nitrogens with zero attached hydrogens (tertiary/aromatic N) is 2. The number of anilines is 1. The van der Waals surface area contributed by atoms with Crippen LogP contribution in [-0.4, -0.2) is 21.4 Å². The van der Waals surface area contributed by atoms with Crippen LogP contribution in [0.5, 0.6) is 0 Å². The first-order valence-corrected chi connectivity index (χ1v) is 9.13. The Morgan fingerprint density at radius 3 is 2.56 bits per heavy atom. The standard InChI is InChI=1S/C20H21N3OS/c1-14-9-10-18(15(2)11-14)25-13-20(24)21-19-12-16(3)22-23(19)17-7-5-4-6-8-17/h4-12H,13H2,1-3H3,(H,21,24). The predicted octanol–water partition coefficient (Wildman–Crippen LogP) is 4.53. The van der Waals surface area contributed by atoms with Crippen LogP contribution in [0.3, 0.4) is 0 Å². The Bertz CT molecular complexity index is 887. The molecule has 0 fully saturated rings. The lowest BCUT2D eigenvalue weighted by molar-refractivity contribution is -0.113. The summed E-state index contributed by atoms with van der Waals surface area (Å²) >= 11 is 1.55. The molecule has 0 saturated heterocycles. The number of aromatic nitrogens is 2. The molecule has 1 aromatic heterocycles. The number of hydrogen-bond acceptors (Lipinski definition) is 3. The zero-order chi connectivity index (χ0) is 17.8. The quantitative estimate of drug-likeness (QED) is 0.687. The monoisotopic (exact) mass is 351 g/mol. The third kappa shape index (κ3) is 4.31. The van der Waals surface area contributed by atoms with Crippen LogP contribution in [-0.2, 0) is 4.79 Å². The predicted molar refractivity (Wildman–Crippen MR) is 104 cm³/mol. The van der Waals surface area contributed by atoms with E-state index in [9.17, 15) is 4.79 Å². The van der Waals surface area contributed by atoms with Crippen molar-refractivity contribution in [3.8, 4) is 5.69 Å². The lowest BCUT2D eigenvalue weighted by Gasteiger charge is -2.10. The third-order valence-corrected chi connectivity index (χ3v) is 4.96. The second-order valence-electron chi connectivity index (χ2n) is 6.02. The number of rotatable bonds is 5. The minimum Gasteiger partial charge on any atom is -0.310 e. The average Bonchev–Trinajstić information content (AvgIpc) is 2.95. The molecule has 0 unspecified atom stereocenters. The van der Waals surface area contributed by atoms with Gasteiger partial charge in [0.05, 0.1) is 17.1 Å². The number of amides is 1. The molecule has 0 aliphatic carbocycles. The molecular weight excluding hydrogens is 330 g/mol. The molecule has 128 valence electrons. The highest BCUT2D eigenvalue weighted by Gasteiger charge is 2.11. The van der Waals surface area contributed by atoms with Crippen molar-refractivity contribution in [2.24, 2.45) is 0 Å². The van der Waals surface area contributed by atoms with Gasteiger partial charge >= 0.3 is 0 Å². The molecule has 0 radical (unpaired) electrons. The van der Waals surface area contributed by atoms with Crippen LogP contribution in [0.1, 0.15) is 16.8 Å². The third-order valence-electron chi connectivity index (χ3n) is 3.79. The number of benzene rings is 2. The smallest absolute Gasteiger partial charge is 0.235 e. The van der Waals surface area contributed by atoms with Crippen LogP contribution in [0.15, 0.2) is 59.5 Å². The van der Waals surface area contributed by atoms with E-state index in [1.54, 1.807) is 16.4 Å². The molecule has 0 bridgehead atoms. The van der Waals surface area contributed by atoms with Gasteiger partial charge in [-0.15, -0.1) is 11.8 Å². The van der Waals surface area contributed by atoms with E-state index >= 15 is 0 Å². The average molecular weight is 351 g/mol. The number of para-hydroxylation sites is 1. The normalized spacial score (nSPS) is 10.7. The number of carbonyl (C=O) groups excluding carboxylic acids is 1. The fraction of sp³-hybridized carbons (Fsp3) is 0.200. The van der Waals surface area contributed by atoms with Crippen molar-refractivity contribution in [3.05, 3.63) is 71.4 Å². The molecule has 25 heavy (non-hydrogen) atoms. The summed E-state index contributed by atoms with van der Waals surface area (Å²) in [6, 6.07) is 17.9. The SMILES string of the molecule is Cc1ccc(SCC(=O)Nc2cc(C)nn2-c2ccccc2)c(C)c1. The van der Waals surface area contributed by atoms with E-state index in [1.807, 2.05) is 43.3 Å². The number of nitrogens with one attached hydrogen (secondary N) is 1. The van der Waals surface area contributed by atoms with Crippen LogP contribution in [0, 0.1) is 20.8 Å². The van der Waals surface area contributed by atoms with Gasteiger partial charge in [0.25, 0.3) is 0 Å². The van der Waals surface area contributed by atoms with Gasteiger partial charge in [-0.1, -0.05) is 35.9 Å². The van der Waals surface area contributed by atoms with Gasteiger partial charge in [0, 0.05) is 11.0 Å². The van der Waals surface area contributed by atoms with Crippen LogP contribution in [0.4, 0.5) is 5.82 Å². The maximum absolute atomic E-state index is 12.4. The molecule has 0 aliphatic rings. The van der Waals surface area contributed by atoms with E-state index < -0.39 is 0 Å². The molecule has 0 aliphatic heterocycles. The van der Waals surface area contributed by atoms with Crippen LogP contribution >= 0.6 is 11.8 Å². The van der Waals surface area contributed by atoms with E-state index in [4.69, 9.17) is 0 Å². The summed E-state index contributed by atoms with van der Waals surface area (Å²) < 4.78 is 1.76. The summed E-state index contributed by atoms with van der Waals surface area (Å²) in [5.41, 5.74) is 4.21. The second kappa shape index (κ2) is 7.57. The summed E-state index contributed by atoms with van der Waals surface area (Å²) in [6.07, 6.45) is 0. The largest absolute Gasteiger partial charge is 0.310 e. The minimum atomic E-state index is -0.0398. The minimum absolute atomic E-state index is 0.0398. The molecule has 2 aromatic carbocycles. The molecule has 0 spiro atoms. The topological polar surface area (TPSA) is 46.9 Å². The highest BCUT2D eigenvalue weighted by atomic mass is 32.2. The first-order valence-electron chi connectivity index (χ1n) is 8.15. The Labute approximate surface area is 152 Å². The molecule has 4 nitrogen and oxygen atoms in total. The van der Waals surface area contributed by atoms with Gasteiger partial charge in [-0.05, 0) is 44.5 Å². The molecule has 5 heteroatoms. The first-order chi connectivity index (χ1) is 12.0. The van der Waals surface area contributed by atoms with E-state index in [1.165, 1.54) is 11.1 Å². The van der Waals surface area contributed by atoms with Gasteiger partial charge in [-0.2, -0.15) is 5.10 Å². The molecule has 1 N–H and O–H groups in total. The second-order valence-corrected chi connectivity index (χ2v) is 7.04. The number of aryl methyl sites for hydroxylation is 3. The lowest BCUT2D eigenvalue weighted by Crippen LogP contribution is -2.17. The van der Waals surface area contributed by atoms with Crippen molar-refractivity contribution in [3.63, 3.8) is 0 Å². The number of carbonyl (C=O) groups is 1. The van der Waals surface area contributed by atoms with Crippen molar-refractivity contribution in [1.29, 1.82) is 0 Å². The molecule has 3 aromatic rings. The molecular formula is C20H21N3OS. The van der Waals surface area contributed by atoms with E-state index in [2.05, 4.69) is 42.5 Å². The summed E-state index contributed by atoms with van der Waals surface area (Å²) in [4.78, 5) is 13.5. The fourth-order valence-corrected chi connectivity index (χ4v) is 3.45. The van der Waals surface area contributed by atoms with Gasteiger partial charge in [-0.3, -0.25) is 4.79 Å². The first kappa shape index (κ1) is 17.3. The Hall–Kier alpha value is -2.53. The Morgan fingerprint density at radius 2 is 1.84 bits per heavy atom. The van der Waals surface area contributed by atoms with Crippen LogP contribution in [0.25, 0.3) is 5.69 Å². The molecule has 1 amide bonds. The summed E-state index contributed by atoms with van der Waals surface area (Å²) in [6.45, 7) is 6.06. The van der Waals surface area contributed by atoms with Crippen molar-refractivity contribution < 1.29 is 4.79 Å². The molecule has 0 atom stereocenters.